The van der Waals surface area contributed by atoms with Gasteiger partial charge in [0.25, 0.3) is 0 Å². The van der Waals surface area contributed by atoms with Gasteiger partial charge in [0.15, 0.2) is 0 Å². The maximum absolute atomic E-state index is 5.08. The zero-order valence-electron chi connectivity index (χ0n) is 21.4. The molecule has 9 rings (SSSR count). The van der Waals surface area contributed by atoms with Crippen LogP contribution in [0.5, 0.6) is 0 Å². The van der Waals surface area contributed by atoms with E-state index in [1.807, 2.05) is 66.7 Å². The first-order valence-electron chi connectivity index (χ1n) is 13.3. The predicted octanol–water partition coefficient (Wildman–Crippen LogP) is 5.55. The van der Waals surface area contributed by atoms with E-state index in [-0.39, 0.29) is 35.1 Å². The molecular formula is C32H20CuN8. The van der Waals surface area contributed by atoms with Crippen molar-refractivity contribution in [2.75, 3.05) is 0 Å². The molecular weight excluding hydrogens is 560 g/mol. The van der Waals surface area contributed by atoms with Crippen molar-refractivity contribution >= 4 is 51.6 Å². The van der Waals surface area contributed by atoms with Gasteiger partial charge in [-0.25, -0.2) is 9.98 Å². The van der Waals surface area contributed by atoms with Gasteiger partial charge < -0.3 is 30.6 Å². The number of nitrogens with zero attached hydrogens (tertiary/aromatic N) is 7. The Balaban J connectivity index is 0.00000256. The Kier molecular flexibility index (Phi) is 5.32. The summed E-state index contributed by atoms with van der Waals surface area (Å²) < 4.78 is 0. The molecule has 1 aliphatic carbocycles. The van der Waals surface area contributed by atoms with Crippen molar-refractivity contribution in [3.05, 3.63) is 125 Å². The molecule has 9 heteroatoms. The molecule has 1 fully saturated rings. The first-order chi connectivity index (χ1) is 19.8. The molecule has 1 N–H and O–H groups in total. The molecule has 0 spiro atoms. The van der Waals surface area contributed by atoms with E-state index < -0.39 is 0 Å². The van der Waals surface area contributed by atoms with Gasteiger partial charge in [-0.1, -0.05) is 103 Å². The zero-order valence-corrected chi connectivity index (χ0v) is 22.3. The summed E-state index contributed by atoms with van der Waals surface area (Å²) in [5.74, 6) is 4.58. The van der Waals surface area contributed by atoms with Crippen molar-refractivity contribution in [1.82, 2.24) is 10.3 Å². The van der Waals surface area contributed by atoms with Gasteiger partial charge in [-0.05, 0) is 10.8 Å². The standard InChI is InChI=1S/C32H20N8.Cu/c1-2-10-18-17(9-1)25-33-26(18)38-28-21-13-5-6-14-22(21)30(35-28)40-32-24-16-8-7-15-23(24)31(36-32)39-29-20-12-4-3-11-19(20)27(34-29)37-25;/h1-18,25H,(H-,33,34,35,37,38,39,40);/q-2;+2. The Morgan fingerprint density at radius 2 is 1.15 bits per heavy atom. The molecule has 5 aliphatic rings. The average Bonchev–Trinajstić information content (AvgIpc) is 3.73. The number of allylic oxidation sites excluding steroid dienone is 2. The summed E-state index contributed by atoms with van der Waals surface area (Å²) in [6.45, 7) is 0. The van der Waals surface area contributed by atoms with E-state index in [0.29, 0.717) is 29.1 Å². The molecule has 199 valence electrons. The monoisotopic (exact) mass is 579 g/mol. The Morgan fingerprint density at radius 1 is 0.585 bits per heavy atom. The van der Waals surface area contributed by atoms with Gasteiger partial charge in [-0.15, -0.1) is 0 Å². The second-order valence-electron chi connectivity index (χ2n) is 10.2. The second-order valence-corrected chi connectivity index (χ2v) is 10.2. The average molecular weight is 580 g/mol. The fraction of sp³-hybridized carbons (Fsp3) is 0.0938. The van der Waals surface area contributed by atoms with Crippen LogP contribution >= 0.6 is 0 Å². The molecule has 3 unspecified atom stereocenters. The first kappa shape index (κ1) is 24.0. The summed E-state index contributed by atoms with van der Waals surface area (Å²) in [5, 5.41) is 10.5. The Bertz CT molecular complexity index is 1990. The SMILES string of the molecule is C1=CC2C3=NC4=N/C(=N\c5[n-]c(c6ccccc56)/N=C5\N=C(NC([N-]3)C2C=C1)c1ccccc15)c1ccccc14.[Cu+2]. The summed E-state index contributed by atoms with van der Waals surface area (Å²) in [6, 6.07) is 24.2. The van der Waals surface area contributed by atoms with Gasteiger partial charge in [-0.2, -0.15) is 0 Å². The van der Waals surface area contributed by atoms with Crippen molar-refractivity contribution in [3.8, 4) is 0 Å². The number of amidine groups is 5. The smallest absolute Gasteiger partial charge is 0.447 e. The Labute approximate surface area is 246 Å². The van der Waals surface area contributed by atoms with Gasteiger partial charge in [0, 0.05) is 51.9 Å². The van der Waals surface area contributed by atoms with Crippen molar-refractivity contribution in [2.24, 2.45) is 36.8 Å². The van der Waals surface area contributed by atoms with Crippen LogP contribution in [0.2, 0.25) is 0 Å². The topological polar surface area (TPSA) is 102 Å². The normalized spacial score (nSPS) is 25.2. The quantitative estimate of drug-likeness (QED) is 0.276. The van der Waals surface area contributed by atoms with Gasteiger partial charge in [0.05, 0.1) is 17.5 Å². The summed E-state index contributed by atoms with van der Waals surface area (Å²) in [4.78, 5) is 29.8. The van der Waals surface area contributed by atoms with Crippen molar-refractivity contribution in [3.63, 3.8) is 0 Å². The second kappa shape index (κ2) is 9.09. The molecule has 0 amide bonds. The third kappa shape index (κ3) is 3.63. The number of hydrogen-bond donors (Lipinski definition) is 1. The molecule has 4 aromatic rings. The number of hydrogen-bond acceptors (Lipinski definition) is 6. The predicted molar refractivity (Wildman–Crippen MR) is 159 cm³/mol. The molecule has 3 aromatic carbocycles. The zero-order chi connectivity index (χ0) is 26.2. The largest absolute Gasteiger partial charge is 2.00 e. The van der Waals surface area contributed by atoms with Gasteiger partial charge in [0.2, 0.25) is 0 Å². The molecule has 3 atom stereocenters. The molecule has 8 nitrogen and oxygen atoms in total. The van der Waals surface area contributed by atoms with Gasteiger partial charge in [0.1, 0.15) is 5.84 Å². The van der Waals surface area contributed by atoms with Crippen LogP contribution in [-0.4, -0.2) is 35.3 Å². The molecule has 1 saturated heterocycles. The minimum atomic E-state index is -0.237. The van der Waals surface area contributed by atoms with Crippen LogP contribution in [0.3, 0.4) is 0 Å². The van der Waals surface area contributed by atoms with Gasteiger partial charge in [-0.3, -0.25) is 0 Å². The molecule has 41 heavy (non-hydrogen) atoms. The number of aliphatic imine (C=N–C) groups is 5. The first-order valence-corrected chi connectivity index (χ1v) is 13.3. The number of fused-ring (bicyclic) bond motifs is 18. The minimum Gasteiger partial charge on any atom is -0.447 e. The van der Waals surface area contributed by atoms with E-state index in [9.17, 15) is 0 Å². The van der Waals surface area contributed by atoms with E-state index in [0.717, 1.165) is 44.7 Å². The Hall–Kier alpha value is -4.85. The summed E-state index contributed by atoms with van der Waals surface area (Å²) in [5.41, 5.74) is 3.81. The third-order valence-corrected chi connectivity index (χ3v) is 7.92. The van der Waals surface area contributed by atoms with E-state index in [1.165, 1.54) is 0 Å². The third-order valence-electron chi connectivity index (χ3n) is 7.92. The molecule has 8 bridgehead atoms. The molecule has 5 heterocycles. The molecule has 0 saturated carbocycles. The van der Waals surface area contributed by atoms with Crippen LogP contribution in [0.1, 0.15) is 22.3 Å². The van der Waals surface area contributed by atoms with Crippen molar-refractivity contribution in [2.45, 2.75) is 6.17 Å². The number of rotatable bonds is 0. The number of benzene rings is 3. The van der Waals surface area contributed by atoms with Crippen LogP contribution in [0, 0.1) is 11.8 Å². The number of nitrogens with one attached hydrogen (secondary N) is 1. The van der Waals surface area contributed by atoms with E-state index in [1.54, 1.807) is 0 Å². The minimum absolute atomic E-state index is 0. The van der Waals surface area contributed by atoms with Crippen LogP contribution in [0.15, 0.2) is 122 Å². The van der Waals surface area contributed by atoms with E-state index >= 15 is 0 Å². The molecule has 4 aliphatic heterocycles. The van der Waals surface area contributed by atoms with Gasteiger partial charge >= 0.3 is 17.1 Å². The number of aromatic nitrogens is 1. The van der Waals surface area contributed by atoms with Crippen molar-refractivity contribution < 1.29 is 17.1 Å². The summed E-state index contributed by atoms with van der Waals surface area (Å²) in [7, 11) is 0. The van der Waals surface area contributed by atoms with E-state index in [4.69, 9.17) is 35.3 Å². The fourth-order valence-corrected chi connectivity index (χ4v) is 6.01. The fourth-order valence-electron chi connectivity index (χ4n) is 6.01. The van der Waals surface area contributed by atoms with Crippen molar-refractivity contribution in [1.29, 1.82) is 0 Å². The van der Waals surface area contributed by atoms with Crippen LogP contribution in [0.25, 0.3) is 16.1 Å². The maximum Gasteiger partial charge on any atom is 2.00 e. The van der Waals surface area contributed by atoms with Crippen LogP contribution in [0.4, 0.5) is 11.6 Å². The van der Waals surface area contributed by atoms with E-state index in [2.05, 4.69) is 35.7 Å². The summed E-state index contributed by atoms with van der Waals surface area (Å²) in [6.07, 6.45) is 8.25. The maximum atomic E-state index is 5.08. The van der Waals surface area contributed by atoms with Crippen LogP contribution < -0.4 is 10.3 Å². The molecule has 1 radical (unpaired) electrons. The van der Waals surface area contributed by atoms with Crippen LogP contribution in [-0.2, 0) is 17.1 Å². The Morgan fingerprint density at radius 3 is 1.85 bits per heavy atom. The summed E-state index contributed by atoms with van der Waals surface area (Å²) >= 11 is 0. The molecule has 1 aromatic heterocycles.